The van der Waals surface area contributed by atoms with Crippen molar-refractivity contribution in [3.8, 4) is 0 Å². The fraction of sp³-hybridized carbons (Fsp3) is 1.00. The predicted molar refractivity (Wildman–Crippen MR) is 47.5 cm³/mol. The van der Waals surface area contributed by atoms with E-state index in [4.69, 9.17) is 0 Å². The van der Waals surface area contributed by atoms with E-state index in [9.17, 15) is 0 Å². The third kappa shape index (κ3) is 1.20. The van der Waals surface area contributed by atoms with Crippen molar-refractivity contribution in [2.45, 2.75) is 52.1 Å². The minimum Gasteiger partial charge on any atom is -0.310 e. The van der Waals surface area contributed by atoms with Gasteiger partial charge < -0.3 is 5.32 Å². The molecule has 0 radical (unpaired) electrons. The Morgan fingerprint density at radius 3 is 2.18 bits per heavy atom. The van der Waals surface area contributed by atoms with Crippen molar-refractivity contribution in [1.29, 1.82) is 0 Å². The smallest absolute Gasteiger partial charge is 0.0147 e. The van der Waals surface area contributed by atoms with Gasteiger partial charge in [0.25, 0.3) is 0 Å². The summed E-state index contributed by atoms with van der Waals surface area (Å²) < 4.78 is 0. The van der Waals surface area contributed by atoms with E-state index in [1.807, 2.05) is 0 Å². The molecule has 1 saturated heterocycles. The first kappa shape index (κ1) is 7.60. The molecule has 1 saturated carbocycles. The lowest BCUT2D eigenvalue weighted by Crippen LogP contribution is -2.44. The highest BCUT2D eigenvalue weighted by atomic mass is 15.0. The van der Waals surface area contributed by atoms with Gasteiger partial charge >= 0.3 is 0 Å². The monoisotopic (exact) mass is 153 g/mol. The lowest BCUT2D eigenvalue weighted by molar-refractivity contribution is 0.211. The van der Waals surface area contributed by atoms with E-state index in [0.29, 0.717) is 5.41 Å². The number of rotatable bonds is 0. The van der Waals surface area contributed by atoms with Crippen molar-refractivity contribution in [1.82, 2.24) is 5.32 Å². The first-order valence-corrected chi connectivity index (χ1v) is 4.83. The molecule has 0 aromatic carbocycles. The van der Waals surface area contributed by atoms with Crippen molar-refractivity contribution in [2.24, 2.45) is 11.3 Å². The van der Waals surface area contributed by atoms with E-state index < -0.39 is 0 Å². The zero-order valence-corrected chi connectivity index (χ0v) is 7.85. The van der Waals surface area contributed by atoms with Gasteiger partial charge in [-0.1, -0.05) is 20.8 Å². The summed E-state index contributed by atoms with van der Waals surface area (Å²) in [6.45, 7) is 7.06. The molecule has 1 unspecified atom stereocenters. The Hall–Kier alpha value is -0.0400. The van der Waals surface area contributed by atoms with Crippen LogP contribution in [0.3, 0.4) is 0 Å². The molecule has 3 atom stereocenters. The molecular formula is C10H19N. The van der Waals surface area contributed by atoms with Crippen LogP contribution in [0, 0.1) is 11.3 Å². The van der Waals surface area contributed by atoms with Crippen LogP contribution in [0.5, 0.6) is 0 Å². The van der Waals surface area contributed by atoms with Gasteiger partial charge in [0, 0.05) is 12.1 Å². The molecule has 64 valence electrons. The lowest BCUT2D eigenvalue weighted by atomic mass is 9.79. The zero-order chi connectivity index (χ0) is 8.06. The topological polar surface area (TPSA) is 12.0 Å². The highest BCUT2D eigenvalue weighted by Crippen LogP contribution is 2.41. The lowest BCUT2D eigenvalue weighted by Gasteiger charge is -2.34. The van der Waals surface area contributed by atoms with Gasteiger partial charge in [-0.2, -0.15) is 0 Å². The van der Waals surface area contributed by atoms with Crippen molar-refractivity contribution >= 4 is 0 Å². The van der Waals surface area contributed by atoms with Crippen molar-refractivity contribution < 1.29 is 0 Å². The van der Waals surface area contributed by atoms with E-state index in [1.165, 1.54) is 19.3 Å². The highest BCUT2D eigenvalue weighted by Gasteiger charge is 2.43. The third-order valence-electron chi connectivity index (χ3n) is 3.29. The molecule has 11 heavy (non-hydrogen) atoms. The Morgan fingerprint density at radius 2 is 1.91 bits per heavy atom. The van der Waals surface area contributed by atoms with Crippen LogP contribution in [0.4, 0.5) is 0 Å². The van der Waals surface area contributed by atoms with Gasteiger partial charge in [0.2, 0.25) is 0 Å². The van der Waals surface area contributed by atoms with Gasteiger partial charge in [-0.3, -0.25) is 0 Å². The third-order valence-corrected chi connectivity index (χ3v) is 3.29. The Labute approximate surface area is 69.6 Å². The molecule has 2 aliphatic rings. The molecule has 1 nitrogen and oxygen atoms in total. The van der Waals surface area contributed by atoms with Gasteiger partial charge in [-0.05, 0) is 30.6 Å². The van der Waals surface area contributed by atoms with Gasteiger partial charge in [-0.15, -0.1) is 0 Å². The Kier molecular flexibility index (Phi) is 1.54. The summed E-state index contributed by atoms with van der Waals surface area (Å²) in [6, 6.07) is 1.66. The summed E-state index contributed by atoms with van der Waals surface area (Å²) >= 11 is 0. The number of fused-ring (bicyclic) bond motifs is 2. The Balaban J connectivity index is 2.08. The van der Waals surface area contributed by atoms with Crippen molar-refractivity contribution in [2.75, 3.05) is 0 Å². The van der Waals surface area contributed by atoms with Gasteiger partial charge in [0.05, 0.1) is 0 Å². The predicted octanol–water partition coefficient (Wildman–Crippen LogP) is 2.17. The zero-order valence-electron chi connectivity index (χ0n) is 7.85. The van der Waals surface area contributed by atoms with E-state index in [1.54, 1.807) is 0 Å². The summed E-state index contributed by atoms with van der Waals surface area (Å²) in [5.41, 5.74) is 0.472. The van der Waals surface area contributed by atoms with Crippen LogP contribution >= 0.6 is 0 Å². The maximum atomic E-state index is 3.73. The second-order valence-corrected chi connectivity index (χ2v) is 5.28. The van der Waals surface area contributed by atoms with Crippen molar-refractivity contribution in [3.05, 3.63) is 0 Å². The molecule has 1 aliphatic heterocycles. The molecule has 2 fully saturated rings. The number of hydrogen-bond donors (Lipinski definition) is 1. The highest BCUT2D eigenvalue weighted by molar-refractivity contribution is 5.01. The summed E-state index contributed by atoms with van der Waals surface area (Å²) in [5, 5.41) is 3.73. The van der Waals surface area contributed by atoms with Crippen LogP contribution in [0.25, 0.3) is 0 Å². The Bertz CT molecular complexity index is 157. The van der Waals surface area contributed by atoms with Crippen LogP contribution < -0.4 is 5.32 Å². The maximum absolute atomic E-state index is 3.73. The van der Waals surface area contributed by atoms with E-state index >= 15 is 0 Å². The van der Waals surface area contributed by atoms with E-state index in [2.05, 4.69) is 26.1 Å². The molecule has 0 aromatic heterocycles. The normalized spacial score (nSPS) is 43.4. The maximum Gasteiger partial charge on any atom is 0.0147 e. The fourth-order valence-electron chi connectivity index (χ4n) is 2.82. The van der Waals surface area contributed by atoms with Crippen molar-refractivity contribution in [3.63, 3.8) is 0 Å². The first-order chi connectivity index (χ1) is 5.07. The van der Waals surface area contributed by atoms with Gasteiger partial charge in [0.15, 0.2) is 0 Å². The number of nitrogens with one attached hydrogen (secondary N) is 1. The van der Waals surface area contributed by atoms with Crippen LogP contribution in [-0.4, -0.2) is 12.1 Å². The number of hydrogen-bond acceptors (Lipinski definition) is 1. The summed E-state index contributed by atoms with van der Waals surface area (Å²) in [7, 11) is 0. The standard InChI is InChI=1S/C10H19N/c1-10(2,3)9-7-4-5-8(6-7)11-9/h7-9,11H,4-6H2,1-3H3/t7-,8+,9?/m0/s1. The molecule has 1 aliphatic carbocycles. The molecule has 2 rings (SSSR count). The van der Waals surface area contributed by atoms with Gasteiger partial charge in [-0.25, -0.2) is 0 Å². The molecule has 1 N–H and O–H groups in total. The SMILES string of the molecule is CC(C)(C)C1N[C@@H]2CC[C@H]1C2. The number of piperidine rings is 1. The largest absolute Gasteiger partial charge is 0.310 e. The summed E-state index contributed by atoms with van der Waals surface area (Å²) in [5.74, 6) is 0.986. The van der Waals surface area contributed by atoms with Crippen LogP contribution in [0.2, 0.25) is 0 Å². The fourth-order valence-corrected chi connectivity index (χ4v) is 2.82. The minimum absolute atomic E-state index is 0.472. The molecule has 0 aromatic rings. The van der Waals surface area contributed by atoms with Gasteiger partial charge in [0.1, 0.15) is 0 Å². The Morgan fingerprint density at radius 1 is 1.18 bits per heavy atom. The molecule has 1 heterocycles. The summed E-state index contributed by atoms with van der Waals surface area (Å²) in [4.78, 5) is 0. The van der Waals surface area contributed by atoms with Crippen LogP contribution in [-0.2, 0) is 0 Å². The second-order valence-electron chi connectivity index (χ2n) is 5.28. The summed E-state index contributed by atoms with van der Waals surface area (Å²) in [6.07, 6.45) is 4.35. The molecule has 0 spiro atoms. The molecule has 1 heteroatoms. The van der Waals surface area contributed by atoms with Crippen LogP contribution in [0.1, 0.15) is 40.0 Å². The second kappa shape index (κ2) is 2.22. The minimum atomic E-state index is 0.472. The molecule has 0 amide bonds. The van der Waals surface area contributed by atoms with Crippen LogP contribution in [0.15, 0.2) is 0 Å². The molecular weight excluding hydrogens is 134 g/mol. The van der Waals surface area contributed by atoms with E-state index in [-0.39, 0.29) is 0 Å². The average Bonchev–Trinajstić information content (AvgIpc) is 2.42. The quantitative estimate of drug-likeness (QED) is 0.562. The average molecular weight is 153 g/mol. The molecule has 2 bridgehead atoms. The van der Waals surface area contributed by atoms with E-state index in [0.717, 1.165) is 18.0 Å². The first-order valence-electron chi connectivity index (χ1n) is 4.83.